The van der Waals surface area contributed by atoms with Crippen molar-refractivity contribution in [3.8, 4) is 11.4 Å². The van der Waals surface area contributed by atoms with E-state index in [-0.39, 0.29) is 5.75 Å². The van der Waals surface area contributed by atoms with Crippen molar-refractivity contribution < 1.29 is 5.11 Å². The van der Waals surface area contributed by atoms with Crippen LogP contribution in [0.2, 0.25) is 0 Å². The van der Waals surface area contributed by atoms with Gasteiger partial charge in [0.15, 0.2) is 5.75 Å². The van der Waals surface area contributed by atoms with Crippen molar-refractivity contribution in [1.82, 2.24) is 15.0 Å². The van der Waals surface area contributed by atoms with E-state index in [0.29, 0.717) is 11.4 Å². The number of nitrogens with two attached hydrogens (primary N) is 1. The highest BCUT2D eigenvalue weighted by atomic mass is 16.3. The molecule has 5 nitrogen and oxygen atoms in total. The Kier molecular flexibility index (Phi) is 1.98. The number of aromatic nitrogens is 3. The van der Waals surface area contributed by atoms with Gasteiger partial charge in [-0.05, 0) is 24.3 Å². The number of hydrogen-bond donors (Lipinski definition) is 2. The predicted octanol–water partition coefficient (Wildman–Crippen LogP) is 1.71. The van der Waals surface area contributed by atoms with E-state index in [1.807, 2.05) is 24.3 Å². The van der Waals surface area contributed by atoms with Crippen LogP contribution in [0.3, 0.4) is 0 Å². The zero-order valence-electron chi connectivity index (χ0n) is 8.91. The summed E-state index contributed by atoms with van der Waals surface area (Å²) in [6, 6.07) is 12.6. The van der Waals surface area contributed by atoms with E-state index in [1.54, 1.807) is 18.2 Å². The van der Waals surface area contributed by atoms with Crippen LogP contribution in [0.25, 0.3) is 16.7 Å². The molecule has 0 saturated heterocycles. The van der Waals surface area contributed by atoms with Gasteiger partial charge in [0.05, 0.1) is 5.69 Å². The first-order valence-corrected chi connectivity index (χ1v) is 5.15. The molecular weight excluding hydrogens is 216 g/mol. The third-order valence-electron chi connectivity index (χ3n) is 2.55. The summed E-state index contributed by atoms with van der Waals surface area (Å²) < 4.78 is 0. The summed E-state index contributed by atoms with van der Waals surface area (Å²) in [5.41, 5.74) is 7.96. The fourth-order valence-electron chi connectivity index (χ4n) is 1.68. The average molecular weight is 226 g/mol. The van der Waals surface area contributed by atoms with Gasteiger partial charge in [0, 0.05) is 0 Å². The molecule has 5 heteroatoms. The molecule has 3 rings (SSSR count). The molecule has 0 bridgehead atoms. The minimum atomic E-state index is -0.00666. The maximum Gasteiger partial charge on any atom is 0.166 e. The second-order valence-electron chi connectivity index (χ2n) is 3.69. The SMILES string of the molecule is Nc1cccc(-n2nc3ccccc3n2)c1O. The second kappa shape index (κ2) is 3.48. The van der Waals surface area contributed by atoms with Crippen LogP contribution in [0, 0.1) is 0 Å². The third kappa shape index (κ3) is 1.48. The number of nitrogens with zero attached hydrogens (tertiary/aromatic N) is 3. The van der Waals surface area contributed by atoms with Crippen LogP contribution in [0.15, 0.2) is 42.5 Å². The summed E-state index contributed by atoms with van der Waals surface area (Å²) in [5, 5.41) is 18.4. The summed E-state index contributed by atoms with van der Waals surface area (Å²) in [6.45, 7) is 0. The number of anilines is 1. The van der Waals surface area contributed by atoms with E-state index < -0.39 is 0 Å². The number of aromatic hydroxyl groups is 1. The number of phenolic OH excluding ortho intramolecular Hbond substituents is 1. The van der Waals surface area contributed by atoms with Crippen LogP contribution in [-0.4, -0.2) is 20.1 Å². The van der Waals surface area contributed by atoms with Gasteiger partial charge < -0.3 is 10.8 Å². The minimum absolute atomic E-state index is 0.00666. The van der Waals surface area contributed by atoms with Crippen molar-refractivity contribution in [2.45, 2.75) is 0 Å². The van der Waals surface area contributed by atoms with Crippen molar-refractivity contribution in [2.24, 2.45) is 0 Å². The molecule has 0 atom stereocenters. The van der Waals surface area contributed by atoms with Gasteiger partial charge in [-0.25, -0.2) is 0 Å². The lowest BCUT2D eigenvalue weighted by Gasteiger charge is -2.04. The maximum absolute atomic E-state index is 9.85. The van der Waals surface area contributed by atoms with Crippen molar-refractivity contribution >= 4 is 16.7 Å². The molecule has 0 aliphatic heterocycles. The summed E-state index contributed by atoms with van der Waals surface area (Å²) in [4.78, 5) is 1.39. The van der Waals surface area contributed by atoms with E-state index in [9.17, 15) is 5.11 Å². The van der Waals surface area contributed by atoms with Gasteiger partial charge in [-0.15, -0.1) is 15.0 Å². The van der Waals surface area contributed by atoms with Crippen molar-refractivity contribution in [3.05, 3.63) is 42.5 Å². The maximum atomic E-state index is 9.85. The fraction of sp³-hybridized carbons (Fsp3) is 0. The van der Waals surface area contributed by atoms with Crippen LogP contribution in [0.5, 0.6) is 5.75 Å². The van der Waals surface area contributed by atoms with Crippen molar-refractivity contribution in [1.29, 1.82) is 0 Å². The Labute approximate surface area is 97.1 Å². The Hall–Kier alpha value is -2.56. The van der Waals surface area contributed by atoms with E-state index in [2.05, 4.69) is 10.2 Å². The number of para-hydroxylation sites is 1. The zero-order valence-corrected chi connectivity index (χ0v) is 8.91. The Morgan fingerprint density at radius 2 is 1.59 bits per heavy atom. The first-order chi connectivity index (χ1) is 8.25. The summed E-state index contributed by atoms with van der Waals surface area (Å²) >= 11 is 0. The number of nitrogen functional groups attached to an aromatic ring is 1. The zero-order chi connectivity index (χ0) is 11.8. The molecule has 84 valence electrons. The Balaban J connectivity index is 2.24. The smallest absolute Gasteiger partial charge is 0.166 e. The van der Waals surface area contributed by atoms with Gasteiger partial charge >= 0.3 is 0 Å². The van der Waals surface area contributed by atoms with Gasteiger partial charge in [-0.1, -0.05) is 18.2 Å². The lowest BCUT2D eigenvalue weighted by molar-refractivity contribution is 0.470. The van der Waals surface area contributed by atoms with Crippen LogP contribution < -0.4 is 5.73 Å². The molecule has 1 heterocycles. The largest absolute Gasteiger partial charge is 0.504 e. The number of rotatable bonds is 1. The molecule has 3 aromatic rings. The van der Waals surface area contributed by atoms with E-state index >= 15 is 0 Å². The number of benzene rings is 2. The van der Waals surface area contributed by atoms with E-state index in [0.717, 1.165) is 11.0 Å². The lowest BCUT2D eigenvalue weighted by atomic mass is 10.2. The molecule has 1 aromatic heterocycles. The summed E-state index contributed by atoms with van der Waals surface area (Å²) in [6.07, 6.45) is 0. The molecule has 0 aliphatic carbocycles. The quantitative estimate of drug-likeness (QED) is 0.489. The lowest BCUT2D eigenvalue weighted by Crippen LogP contribution is -2.00. The Morgan fingerprint density at radius 3 is 2.24 bits per heavy atom. The minimum Gasteiger partial charge on any atom is -0.504 e. The molecule has 17 heavy (non-hydrogen) atoms. The summed E-state index contributed by atoms with van der Waals surface area (Å²) in [5.74, 6) is -0.00666. The van der Waals surface area contributed by atoms with Gasteiger partial charge in [-0.2, -0.15) is 0 Å². The fourth-order valence-corrected chi connectivity index (χ4v) is 1.68. The van der Waals surface area contributed by atoms with Crippen LogP contribution in [0.1, 0.15) is 0 Å². The predicted molar refractivity (Wildman–Crippen MR) is 64.9 cm³/mol. The van der Waals surface area contributed by atoms with Crippen molar-refractivity contribution in [2.75, 3.05) is 5.73 Å². The monoisotopic (exact) mass is 226 g/mol. The van der Waals surface area contributed by atoms with Gasteiger partial charge in [0.1, 0.15) is 16.7 Å². The van der Waals surface area contributed by atoms with Gasteiger partial charge in [-0.3, -0.25) is 0 Å². The third-order valence-corrected chi connectivity index (χ3v) is 2.55. The highest BCUT2D eigenvalue weighted by Crippen LogP contribution is 2.27. The first-order valence-electron chi connectivity index (χ1n) is 5.15. The van der Waals surface area contributed by atoms with E-state index in [4.69, 9.17) is 5.73 Å². The molecule has 2 aromatic carbocycles. The highest BCUT2D eigenvalue weighted by molar-refractivity contribution is 5.74. The van der Waals surface area contributed by atoms with Crippen LogP contribution in [0.4, 0.5) is 5.69 Å². The normalized spacial score (nSPS) is 10.8. The molecule has 0 unspecified atom stereocenters. The van der Waals surface area contributed by atoms with Gasteiger partial charge in [0.25, 0.3) is 0 Å². The van der Waals surface area contributed by atoms with Crippen LogP contribution in [-0.2, 0) is 0 Å². The Morgan fingerprint density at radius 1 is 0.941 bits per heavy atom. The number of fused-ring (bicyclic) bond motifs is 1. The molecule has 0 amide bonds. The Bertz CT molecular complexity index is 657. The van der Waals surface area contributed by atoms with E-state index in [1.165, 1.54) is 4.80 Å². The average Bonchev–Trinajstić information content (AvgIpc) is 2.76. The standard InChI is InChI=1S/C12H10N4O/c13-8-4-3-7-11(12(8)17)16-14-9-5-1-2-6-10(9)15-16/h1-7,17H,13H2. The summed E-state index contributed by atoms with van der Waals surface area (Å²) in [7, 11) is 0. The second-order valence-corrected chi connectivity index (χ2v) is 3.69. The molecule has 0 fully saturated rings. The first kappa shape index (κ1) is 9.65. The topological polar surface area (TPSA) is 77.0 Å². The number of hydrogen-bond acceptors (Lipinski definition) is 4. The molecule has 0 radical (unpaired) electrons. The molecular formula is C12H10N4O. The number of phenols is 1. The molecule has 0 saturated carbocycles. The van der Waals surface area contributed by atoms with Gasteiger partial charge in [0.2, 0.25) is 0 Å². The highest BCUT2D eigenvalue weighted by Gasteiger charge is 2.09. The van der Waals surface area contributed by atoms with Crippen LogP contribution >= 0.6 is 0 Å². The molecule has 3 N–H and O–H groups in total. The molecule has 0 spiro atoms. The van der Waals surface area contributed by atoms with Crippen molar-refractivity contribution in [3.63, 3.8) is 0 Å². The molecule has 0 aliphatic rings.